The molecule has 1 atom stereocenters. The van der Waals surface area contributed by atoms with Gasteiger partial charge in [-0.25, -0.2) is 9.78 Å². The van der Waals surface area contributed by atoms with Crippen LogP contribution in [0.1, 0.15) is 42.3 Å². The van der Waals surface area contributed by atoms with Crippen molar-refractivity contribution in [2.75, 3.05) is 5.32 Å². The van der Waals surface area contributed by atoms with E-state index < -0.39 is 17.9 Å². The Labute approximate surface area is 204 Å². The van der Waals surface area contributed by atoms with Crippen LogP contribution in [0.5, 0.6) is 0 Å². The molecule has 180 valence electrons. The molecule has 3 N–H and O–H groups in total. The van der Waals surface area contributed by atoms with E-state index in [-0.39, 0.29) is 12.0 Å². The number of nitrogens with one attached hydrogen (secondary N) is 2. The molecule has 4 rings (SSSR count). The molecule has 2 aromatic carbocycles. The van der Waals surface area contributed by atoms with Crippen molar-refractivity contribution in [2.45, 2.75) is 45.7 Å². The summed E-state index contributed by atoms with van der Waals surface area (Å²) in [5.41, 5.74) is 4.47. The molecule has 2 aromatic heterocycles. The van der Waals surface area contributed by atoms with Crippen LogP contribution in [0, 0.1) is 6.92 Å². The van der Waals surface area contributed by atoms with E-state index >= 15 is 0 Å². The number of carbonyl (C=O) groups is 2. The maximum absolute atomic E-state index is 13.0. The molecule has 2 heterocycles. The number of hydrogen-bond donors (Lipinski definition) is 3. The van der Waals surface area contributed by atoms with Crippen molar-refractivity contribution in [1.82, 2.24) is 14.7 Å². The second kappa shape index (κ2) is 9.62. The molecule has 0 spiro atoms. The first-order valence-corrected chi connectivity index (χ1v) is 11.6. The van der Waals surface area contributed by atoms with Crippen molar-refractivity contribution in [3.05, 3.63) is 89.6 Å². The predicted octanol–water partition coefficient (Wildman–Crippen LogP) is 4.95. The molecule has 0 saturated carbocycles. The van der Waals surface area contributed by atoms with Crippen LogP contribution in [-0.2, 0) is 11.2 Å². The molecule has 0 bridgehead atoms. The van der Waals surface area contributed by atoms with Gasteiger partial charge in [0.05, 0.1) is 0 Å². The fourth-order valence-corrected chi connectivity index (χ4v) is 3.86. The molecule has 0 aliphatic heterocycles. The van der Waals surface area contributed by atoms with E-state index in [1.165, 1.54) is 0 Å². The topological polar surface area (TPSA) is 95.7 Å². The van der Waals surface area contributed by atoms with Gasteiger partial charge >= 0.3 is 5.97 Å². The number of nitrogens with zero attached hydrogens (tertiary/aromatic N) is 2. The molecule has 0 fully saturated rings. The van der Waals surface area contributed by atoms with Gasteiger partial charge in [0, 0.05) is 29.3 Å². The summed E-state index contributed by atoms with van der Waals surface area (Å²) < 4.78 is 1.91. The highest BCUT2D eigenvalue weighted by molar-refractivity contribution is 5.97. The van der Waals surface area contributed by atoms with E-state index in [1.807, 2.05) is 65.9 Å². The van der Waals surface area contributed by atoms with Gasteiger partial charge in [-0.2, -0.15) is 0 Å². The molecular weight excluding hydrogens is 440 g/mol. The Hall–Kier alpha value is -4.13. The maximum atomic E-state index is 13.0. The molecule has 0 aliphatic carbocycles. The summed E-state index contributed by atoms with van der Waals surface area (Å²) in [7, 11) is 0. The lowest BCUT2D eigenvalue weighted by Gasteiger charge is -2.22. The number of carboxylic acids is 1. The summed E-state index contributed by atoms with van der Waals surface area (Å²) >= 11 is 0. The Bertz CT molecular complexity index is 1350. The smallest absolute Gasteiger partial charge is 0.326 e. The van der Waals surface area contributed by atoms with Crippen molar-refractivity contribution < 1.29 is 14.7 Å². The van der Waals surface area contributed by atoms with Crippen molar-refractivity contribution in [2.24, 2.45) is 0 Å². The second-order valence-electron chi connectivity index (χ2n) is 9.75. The molecular formula is C28H30N4O3. The van der Waals surface area contributed by atoms with E-state index in [4.69, 9.17) is 4.98 Å². The van der Waals surface area contributed by atoms with E-state index in [1.54, 1.807) is 18.3 Å². The highest BCUT2D eigenvalue weighted by Gasteiger charge is 2.23. The third-order valence-corrected chi connectivity index (χ3v) is 5.59. The number of pyridine rings is 1. The van der Waals surface area contributed by atoms with Gasteiger partial charge in [-0.3, -0.25) is 9.20 Å². The zero-order chi connectivity index (χ0) is 25.2. The largest absolute Gasteiger partial charge is 0.480 e. The van der Waals surface area contributed by atoms with Gasteiger partial charge in [-0.1, -0.05) is 60.2 Å². The standard InChI is InChI=1S/C28H30N4O3/c1-18-10-12-20(13-11-18)24-25(31-28(2,3)4)32-15-14-21(17-23(32)30-24)26(33)29-22(27(34)35)16-19-8-6-5-7-9-19/h5-15,17,22,31H,16H2,1-4H3,(H,29,33)(H,34,35). The zero-order valence-electron chi connectivity index (χ0n) is 20.4. The van der Waals surface area contributed by atoms with Crippen molar-refractivity contribution in [1.29, 1.82) is 0 Å². The minimum atomic E-state index is -1.08. The highest BCUT2D eigenvalue weighted by Crippen LogP contribution is 2.31. The van der Waals surface area contributed by atoms with Crippen LogP contribution in [0.25, 0.3) is 16.9 Å². The first-order chi connectivity index (χ1) is 16.6. The fraction of sp³-hybridized carbons (Fsp3) is 0.250. The van der Waals surface area contributed by atoms with Gasteiger partial charge in [-0.15, -0.1) is 0 Å². The van der Waals surface area contributed by atoms with E-state index in [0.29, 0.717) is 11.2 Å². The Morgan fingerprint density at radius 1 is 1.03 bits per heavy atom. The number of aromatic nitrogens is 2. The van der Waals surface area contributed by atoms with Crippen molar-refractivity contribution >= 4 is 23.3 Å². The van der Waals surface area contributed by atoms with Gasteiger partial charge in [-0.05, 0) is 45.4 Å². The molecule has 7 nitrogen and oxygen atoms in total. The Kier molecular flexibility index (Phi) is 6.60. The SMILES string of the molecule is Cc1ccc(-c2nc3cc(C(=O)NC(Cc4ccccc4)C(=O)O)ccn3c2NC(C)(C)C)cc1. The number of imidazole rings is 1. The number of anilines is 1. The number of rotatable bonds is 7. The predicted molar refractivity (Wildman–Crippen MR) is 138 cm³/mol. The summed E-state index contributed by atoms with van der Waals surface area (Å²) in [6.45, 7) is 8.26. The lowest BCUT2D eigenvalue weighted by atomic mass is 10.1. The van der Waals surface area contributed by atoms with Gasteiger partial charge in [0.15, 0.2) is 0 Å². The Morgan fingerprint density at radius 2 is 1.71 bits per heavy atom. The fourth-order valence-electron chi connectivity index (χ4n) is 3.86. The van der Waals surface area contributed by atoms with Gasteiger partial charge in [0.1, 0.15) is 23.2 Å². The van der Waals surface area contributed by atoms with Gasteiger partial charge in [0.25, 0.3) is 5.91 Å². The Morgan fingerprint density at radius 3 is 2.34 bits per heavy atom. The molecule has 7 heteroatoms. The summed E-state index contributed by atoms with van der Waals surface area (Å²) in [4.78, 5) is 29.6. The number of carbonyl (C=O) groups excluding carboxylic acids is 1. The zero-order valence-corrected chi connectivity index (χ0v) is 20.4. The van der Waals surface area contributed by atoms with Crippen LogP contribution in [0.3, 0.4) is 0 Å². The molecule has 4 aromatic rings. The summed E-state index contributed by atoms with van der Waals surface area (Å²) in [5.74, 6) is -0.709. The third kappa shape index (κ3) is 5.69. The van der Waals surface area contributed by atoms with Gasteiger partial charge in [0.2, 0.25) is 0 Å². The number of carboxylic acid groups (broad SMARTS) is 1. The summed E-state index contributed by atoms with van der Waals surface area (Å²) in [5, 5.41) is 15.8. The van der Waals surface area contributed by atoms with E-state index in [0.717, 1.165) is 28.2 Å². The number of aliphatic carboxylic acids is 1. The van der Waals surface area contributed by atoms with E-state index in [2.05, 4.69) is 31.4 Å². The summed E-state index contributed by atoms with van der Waals surface area (Å²) in [6, 6.07) is 19.7. The first kappa shape index (κ1) is 24.0. The lowest BCUT2D eigenvalue weighted by Crippen LogP contribution is -2.42. The summed E-state index contributed by atoms with van der Waals surface area (Å²) in [6.07, 6.45) is 1.99. The lowest BCUT2D eigenvalue weighted by molar-refractivity contribution is -0.139. The maximum Gasteiger partial charge on any atom is 0.326 e. The number of amides is 1. The molecule has 0 aliphatic rings. The van der Waals surface area contributed by atoms with E-state index in [9.17, 15) is 14.7 Å². The molecule has 0 saturated heterocycles. The third-order valence-electron chi connectivity index (χ3n) is 5.59. The van der Waals surface area contributed by atoms with Crippen LogP contribution in [-0.4, -0.2) is 37.9 Å². The number of benzene rings is 2. The average molecular weight is 471 g/mol. The number of fused-ring (bicyclic) bond motifs is 1. The number of hydrogen-bond acceptors (Lipinski definition) is 4. The Balaban J connectivity index is 1.67. The molecule has 0 radical (unpaired) electrons. The second-order valence-corrected chi connectivity index (χ2v) is 9.75. The van der Waals surface area contributed by atoms with Crippen molar-refractivity contribution in [3.8, 4) is 11.3 Å². The van der Waals surface area contributed by atoms with Crippen molar-refractivity contribution in [3.63, 3.8) is 0 Å². The van der Waals surface area contributed by atoms with Gasteiger partial charge < -0.3 is 15.7 Å². The monoisotopic (exact) mass is 470 g/mol. The quantitative estimate of drug-likeness (QED) is 0.355. The van der Waals surface area contributed by atoms with Crippen LogP contribution in [0.2, 0.25) is 0 Å². The minimum Gasteiger partial charge on any atom is -0.480 e. The van der Waals surface area contributed by atoms with Crippen LogP contribution >= 0.6 is 0 Å². The highest BCUT2D eigenvalue weighted by atomic mass is 16.4. The normalized spacial score (nSPS) is 12.3. The first-order valence-electron chi connectivity index (χ1n) is 11.6. The van der Waals surface area contributed by atoms with Crippen LogP contribution < -0.4 is 10.6 Å². The van der Waals surface area contributed by atoms with Crippen LogP contribution in [0.15, 0.2) is 72.9 Å². The van der Waals surface area contributed by atoms with Crippen LogP contribution in [0.4, 0.5) is 5.82 Å². The minimum absolute atomic E-state index is 0.199. The molecule has 1 amide bonds. The molecule has 35 heavy (non-hydrogen) atoms. The number of aryl methyl sites for hydroxylation is 1. The molecule has 1 unspecified atom stereocenters. The average Bonchev–Trinajstić information content (AvgIpc) is 3.15.